The fourth-order valence-corrected chi connectivity index (χ4v) is 7.80. The van der Waals surface area contributed by atoms with E-state index in [9.17, 15) is 4.79 Å². The van der Waals surface area contributed by atoms with Crippen LogP contribution in [-0.2, 0) is 14.3 Å². The fourth-order valence-electron chi connectivity index (χ4n) is 7.63. The van der Waals surface area contributed by atoms with Crippen LogP contribution in [0.2, 0.25) is 5.02 Å². The van der Waals surface area contributed by atoms with Crippen LogP contribution in [0.25, 0.3) is 0 Å². The van der Waals surface area contributed by atoms with Crippen LogP contribution in [0.5, 0.6) is 0 Å². The fraction of sp³-hybridized carbons (Fsp3) is 0.731. The third-order valence-electron chi connectivity index (χ3n) is 9.43. The van der Waals surface area contributed by atoms with E-state index in [1.54, 1.807) is 0 Å². The Bertz CT molecular complexity index is 932. The number of carbonyl (C=O) groups excluding carboxylic acids is 1. The van der Waals surface area contributed by atoms with Crippen molar-refractivity contribution >= 4 is 23.3 Å². The summed E-state index contributed by atoms with van der Waals surface area (Å²) in [5, 5.41) is 0.787. The Balaban J connectivity index is 1.17. The molecule has 0 N–H and O–H groups in total. The van der Waals surface area contributed by atoms with E-state index in [4.69, 9.17) is 21.1 Å². The van der Waals surface area contributed by atoms with Crippen molar-refractivity contribution < 1.29 is 14.3 Å². The maximum Gasteiger partial charge on any atom is 0.311 e. The number of nitrogens with zero attached hydrogens (tertiary/aromatic N) is 2. The molecule has 0 radical (unpaired) electrons. The lowest BCUT2D eigenvalue weighted by Gasteiger charge is -2.50. The Morgan fingerprint density at radius 2 is 1.91 bits per heavy atom. The zero-order valence-electron chi connectivity index (χ0n) is 19.5. The number of halogens is 1. The van der Waals surface area contributed by atoms with Crippen molar-refractivity contribution in [3.63, 3.8) is 0 Å². The molecule has 32 heavy (non-hydrogen) atoms. The summed E-state index contributed by atoms with van der Waals surface area (Å²) in [7, 11) is 0. The predicted molar refractivity (Wildman–Crippen MR) is 125 cm³/mol. The van der Waals surface area contributed by atoms with Gasteiger partial charge in [0.1, 0.15) is 11.7 Å². The van der Waals surface area contributed by atoms with E-state index < -0.39 is 0 Å². The third-order valence-corrected chi connectivity index (χ3v) is 9.66. The van der Waals surface area contributed by atoms with Crippen molar-refractivity contribution in [1.29, 1.82) is 0 Å². The monoisotopic (exact) mass is 458 g/mol. The largest absolute Gasteiger partial charge is 0.455 e. The molecule has 7 atom stereocenters. The molecular formula is C26H35ClN2O3. The quantitative estimate of drug-likeness (QED) is 0.499. The van der Waals surface area contributed by atoms with E-state index >= 15 is 0 Å². The molecule has 1 spiro atoms. The van der Waals surface area contributed by atoms with E-state index in [1.165, 1.54) is 17.7 Å². The number of benzene rings is 1. The Morgan fingerprint density at radius 1 is 1.12 bits per heavy atom. The third kappa shape index (κ3) is 3.07. The summed E-state index contributed by atoms with van der Waals surface area (Å²) >= 11 is 6.25. The number of carbonyl (C=O) groups is 1. The van der Waals surface area contributed by atoms with Crippen molar-refractivity contribution in [3.8, 4) is 0 Å². The Hall–Kier alpha value is -1.30. The molecule has 5 fully saturated rings. The summed E-state index contributed by atoms with van der Waals surface area (Å²) in [6.45, 7) is 11.4. The van der Waals surface area contributed by atoms with Crippen molar-refractivity contribution in [2.45, 2.75) is 63.8 Å². The highest BCUT2D eigenvalue weighted by atomic mass is 35.5. The van der Waals surface area contributed by atoms with Crippen LogP contribution in [0.1, 0.15) is 45.1 Å². The van der Waals surface area contributed by atoms with Gasteiger partial charge in [-0.05, 0) is 63.1 Å². The van der Waals surface area contributed by atoms with Gasteiger partial charge in [0.25, 0.3) is 0 Å². The van der Waals surface area contributed by atoms with Crippen LogP contribution in [0.3, 0.4) is 0 Å². The van der Waals surface area contributed by atoms with Crippen LogP contribution in [0.4, 0.5) is 5.69 Å². The molecule has 0 amide bonds. The summed E-state index contributed by atoms with van der Waals surface area (Å²) in [6.07, 6.45) is 4.63. The molecule has 1 aromatic rings. The molecular weight excluding hydrogens is 424 g/mol. The molecule has 3 saturated heterocycles. The lowest BCUT2D eigenvalue weighted by Crippen LogP contribution is -2.58. The number of rotatable bonds is 3. The maximum atomic E-state index is 13.3. The zero-order chi connectivity index (χ0) is 22.3. The minimum atomic E-state index is -0.369. The molecule has 3 aliphatic heterocycles. The summed E-state index contributed by atoms with van der Waals surface area (Å²) in [5.74, 6) is 1.38. The number of piperazine rings is 1. The van der Waals surface area contributed by atoms with Gasteiger partial charge in [0.2, 0.25) is 0 Å². The second-order valence-corrected chi connectivity index (χ2v) is 11.7. The lowest BCUT2D eigenvalue weighted by atomic mass is 9.55. The van der Waals surface area contributed by atoms with Crippen LogP contribution in [0.15, 0.2) is 18.2 Å². The predicted octanol–water partition coefficient (Wildman–Crippen LogP) is 4.30. The van der Waals surface area contributed by atoms with Crippen LogP contribution >= 0.6 is 11.6 Å². The molecule has 0 aromatic heterocycles. The summed E-state index contributed by atoms with van der Waals surface area (Å²) in [5.41, 5.74) is 2.05. The minimum absolute atomic E-state index is 0.0176. The van der Waals surface area contributed by atoms with Gasteiger partial charge in [0, 0.05) is 55.3 Å². The molecule has 1 aromatic carbocycles. The highest BCUT2D eigenvalue weighted by molar-refractivity contribution is 6.30. The number of esters is 1. The van der Waals surface area contributed by atoms with E-state index in [0.29, 0.717) is 17.8 Å². The van der Waals surface area contributed by atoms with Gasteiger partial charge in [-0.3, -0.25) is 9.69 Å². The average Bonchev–Trinajstić information content (AvgIpc) is 3.40. The van der Waals surface area contributed by atoms with Gasteiger partial charge in [-0.15, -0.1) is 0 Å². The number of ether oxygens (including phenoxy) is 2. The molecule has 0 unspecified atom stereocenters. The molecule has 2 aliphatic carbocycles. The Labute approximate surface area is 196 Å². The smallest absolute Gasteiger partial charge is 0.311 e. The number of hydrogen-bond donors (Lipinski definition) is 0. The van der Waals surface area contributed by atoms with Crippen molar-refractivity contribution in [2.24, 2.45) is 23.7 Å². The minimum Gasteiger partial charge on any atom is -0.455 e. The number of fused-ring (bicyclic) bond motifs is 1. The molecule has 2 saturated carbocycles. The van der Waals surface area contributed by atoms with E-state index in [2.05, 4.69) is 42.7 Å². The van der Waals surface area contributed by atoms with Gasteiger partial charge >= 0.3 is 5.97 Å². The van der Waals surface area contributed by atoms with Gasteiger partial charge in [-0.25, -0.2) is 0 Å². The lowest BCUT2D eigenvalue weighted by molar-refractivity contribution is -0.168. The molecule has 5 nitrogen and oxygen atoms in total. The highest BCUT2D eigenvalue weighted by Crippen LogP contribution is 2.66. The van der Waals surface area contributed by atoms with Gasteiger partial charge in [-0.1, -0.05) is 24.6 Å². The normalized spacial score (nSPS) is 43.3. The highest BCUT2D eigenvalue weighted by Gasteiger charge is 2.77. The molecule has 5 aliphatic rings. The zero-order valence-corrected chi connectivity index (χ0v) is 20.2. The first kappa shape index (κ1) is 21.2. The second-order valence-electron chi connectivity index (χ2n) is 11.2. The van der Waals surface area contributed by atoms with Gasteiger partial charge in [0.05, 0.1) is 11.5 Å². The number of epoxide rings is 1. The van der Waals surface area contributed by atoms with E-state index in [-0.39, 0.29) is 29.2 Å². The van der Waals surface area contributed by atoms with Crippen molar-refractivity contribution in [2.75, 3.05) is 37.6 Å². The van der Waals surface area contributed by atoms with Gasteiger partial charge < -0.3 is 14.4 Å². The number of hydrogen-bond acceptors (Lipinski definition) is 5. The standard InChI is InChI=1S/C26H35ClN2O3/c1-16-5-7-21-19(23(30)31-26(21)20(16)8-9-25(3)24(26)32-25)15-28-10-12-29(13-11-28)22-14-18(27)6-4-17(22)2/h4,6,14,16,19-21,24H,5,7-13,15H2,1-3H3/t16-,19-,20-,21-,24+,25-,26-/m1/s1. The first-order chi connectivity index (χ1) is 15.3. The molecule has 0 bridgehead atoms. The SMILES string of the molecule is Cc1ccc(Cl)cc1N1CCN(C[C@H]2C(=O)O[C@@]34[C@H](CC[C@@]5(C)O[C@H]35)[C@H](C)CC[C@H]24)CC1. The van der Waals surface area contributed by atoms with E-state index in [1.807, 2.05) is 6.07 Å². The Kier molecular flexibility index (Phi) is 4.88. The molecule has 174 valence electrons. The van der Waals surface area contributed by atoms with E-state index in [0.717, 1.165) is 57.0 Å². The second kappa shape index (κ2) is 7.35. The van der Waals surface area contributed by atoms with Crippen molar-refractivity contribution in [1.82, 2.24) is 4.90 Å². The maximum absolute atomic E-state index is 13.3. The van der Waals surface area contributed by atoms with Crippen LogP contribution < -0.4 is 4.90 Å². The first-order valence-electron chi connectivity index (χ1n) is 12.5. The van der Waals surface area contributed by atoms with Crippen LogP contribution in [0, 0.1) is 30.6 Å². The van der Waals surface area contributed by atoms with Crippen molar-refractivity contribution in [3.05, 3.63) is 28.8 Å². The molecule has 3 heterocycles. The molecule has 6 heteroatoms. The van der Waals surface area contributed by atoms with Crippen LogP contribution in [-0.4, -0.2) is 60.9 Å². The average molecular weight is 459 g/mol. The first-order valence-corrected chi connectivity index (χ1v) is 12.8. The van der Waals surface area contributed by atoms with Gasteiger partial charge in [0.15, 0.2) is 0 Å². The number of aryl methyl sites for hydroxylation is 1. The van der Waals surface area contributed by atoms with Gasteiger partial charge in [-0.2, -0.15) is 0 Å². The summed E-state index contributed by atoms with van der Waals surface area (Å²) < 4.78 is 12.7. The Morgan fingerprint density at radius 3 is 2.69 bits per heavy atom. The number of anilines is 1. The molecule has 6 rings (SSSR count). The summed E-state index contributed by atoms with van der Waals surface area (Å²) in [6, 6.07) is 6.12. The topological polar surface area (TPSA) is 45.3 Å². The summed E-state index contributed by atoms with van der Waals surface area (Å²) in [4.78, 5) is 18.2.